The molecule has 0 saturated carbocycles. The quantitative estimate of drug-likeness (QED) is 0.784. The Labute approximate surface area is 157 Å². The SMILES string of the molecule is CC(C)(O)[C@H]1CCN(c2ncc(C(=O)c3cccc(S(C)(=O)=O)c3)s2)C1. The largest absolute Gasteiger partial charge is 0.390 e. The number of nitrogens with zero attached hydrogens (tertiary/aromatic N) is 2. The summed E-state index contributed by atoms with van der Waals surface area (Å²) in [5, 5.41) is 10.9. The number of aliphatic hydroxyl groups is 1. The number of sulfone groups is 1. The molecular weight excluding hydrogens is 372 g/mol. The Morgan fingerprint density at radius 1 is 1.38 bits per heavy atom. The highest BCUT2D eigenvalue weighted by Gasteiger charge is 2.34. The van der Waals surface area contributed by atoms with E-state index in [2.05, 4.69) is 9.88 Å². The van der Waals surface area contributed by atoms with Crippen LogP contribution in [0, 0.1) is 5.92 Å². The number of ketones is 1. The first kappa shape index (κ1) is 19.0. The van der Waals surface area contributed by atoms with Gasteiger partial charge in [-0.3, -0.25) is 4.79 Å². The second kappa shape index (κ2) is 6.75. The van der Waals surface area contributed by atoms with Crippen molar-refractivity contribution in [3.05, 3.63) is 40.9 Å². The van der Waals surface area contributed by atoms with Gasteiger partial charge in [0, 0.05) is 30.8 Å². The van der Waals surface area contributed by atoms with E-state index in [4.69, 9.17) is 0 Å². The average Bonchev–Trinajstić information content (AvgIpc) is 3.22. The highest BCUT2D eigenvalue weighted by atomic mass is 32.2. The summed E-state index contributed by atoms with van der Waals surface area (Å²) in [4.78, 5) is 19.7. The molecule has 1 aromatic carbocycles. The van der Waals surface area contributed by atoms with Gasteiger partial charge in [-0.25, -0.2) is 13.4 Å². The van der Waals surface area contributed by atoms with Crippen molar-refractivity contribution in [2.24, 2.45) is 5.92 Å². The van der Waals surface area contributed by atoms with E-state index in [0.29, 0.717) is 17.0 Å². The maximum absolute atomic E-state index is 12.7. The number of thiazole rings is 1. The van der Waals surface area contributed by atoms with Crippen LogP contribution in [-0.4, -0.2) is 49.2 Å². The summed E-state index contributed by atoms with van der Waals surface area (Å²) in [6, 6.07) is 6.05. The van der Waals surface area contributed by atoms with Crippen LogP contribution < -0.4 is 4.90 Å². The molecule has 0 radical (unpaired) electrons. The molecule has 1 aliphatic rings. The van der Waals surface area contributed by atoms with E-state index in [1.807, 2.05) is 13.8 Å². The Kier molecular flexibility index (Phi) is 4.94. The molecule has 1 aromatic heterocycles. The van der Waals surface area contributed by atoms with E-state index >= 15 is 0 Å². The van der Waals surface area contributed by atoms with Crippen LogP contribution in [0.2, 0.25) is 0 Å². The molecule has 8 heteroatoms. The lowest BCUT2D eigenvalue weighted by molar-refractivity contribution is 0.0263. The van der Waals surface area contributed by atoms with Gasteiger partial charge >= 0.3 is 0 Å². The molecule has 2 heterocycles. The van der Waals surface area contributed by atoms with E-state index in [-0.39, 0.29) is 16.6 Å². The number of aromatic nitrogens is 1. The fourth-order valence-electron chi connectivity index (χ4n) is 3.04. The second-order valence-corrected chi connectivity index (χ2v) is 10.2. The minimum absolute atomic E-state index is 0.126. The molecule has 3 rings (SSSR count). The Hall–Kier alpha value is -1.77. The van der Waals surface area contributed by atoms with E-state index in [1.165, 1.54) is 29.7 Å². The molecular formula is C18H22N2O4S2. The van der Waals surface area contributed by atoms with E-state index in [9.17, 15) is 18.3 Å². The zero-order valence-electron chi connectivity index (χ0n) is 15.0. The first-order valence-electron chi connectivity index (χ1n) is 8.33. The molecule has 1 saturated heterocycles. The van der Waals surface area contributed by atoms with E-state index < -0.39 is 15.4 Å². The number of rotatable bonds is 5. The molecule has 26 heavy (non-hydrogen) atoms. The van der Waals surface area contributed by atoms with Crippen LogP contribution in [-0.2, 0) is 9.84 Å². The molecule has 6 nitrogen and oxygen atoms in total. The molecule has 0 bridgehead atoms. The van der Waals surface area contributed by atoms with Crippen molar-refractivity contribution in [1.29, 1.82) is 0 Å². The summed E-state index contributed by atoms with van der Waals surface area (Å²) in [5.41, 5.74) is -0.407. The number of carbonyl (C=O) groups excluding carboxylic acids is 1. The Balaban J connectivity index is 1.79. The molecule has 140 valence electrons. The third kappa shape index (κ3) is 3.97. The predicted octanol–water partition coefficient (Wildman–Crippen LogP) is 2.37. The fourth-order valence-corrected chi connectivity index (χ4v) is 4.62. The lowest BCUT2D eigenvalue weighted by Crippen LogP contribution is -2.33. The molecule has 1 atom stereocenters. The van der Waals surface area contributed by atoms with Gasteiger partial charge in [-0.15, -0.1) is 0 Å². The van der Waals surface area contributed by atoms with Crippen LogP contribution in [0.5, 0.6) is 0 Å². The molecule has 1 fully saturated rings. The zero-order chi connectivity index (χ0) is 19.1. The molecule has 0 unspecified atom stereocenters. The van der Waals surface area contributed by atoms with Crippen LogP contribution in [0.25, 0.3) is 0 Å². The standard InChI is InChI=1S/C18H22N2O4S2/c1-18(2,22)13-7-8-20(11-13)17-19-10-15(25-17)16(21)12-5-4-6-14(9-12)26(3,23)24/h4-6,9-10,13,22H,7-8,11H2,1-3H3/t13-/m0/s1. The predicted molar refractivity (Wildman–Crippen MR) is 102 cm³/mol. The lowest BCUT2D eigenvalue weighted by Gasteiger charge is -2.25. The van der Waals surface area contributed by atoms with Crippen LogP contribution in [0.4, 0.5) is 5.13 Å². The summed E-state index contributed by atoms with van der Waals surface area (Å²) < 4.78 is 23.4. The summed E-state index contributed by atoms with van der Waals surface area (Å²) in [5.74, 6) is -0.0746. The van der Waals surface area contributed by atoms with Crippen molar-refractivity contribution < 1.29 is 18.3 Å². The summed E-state index contributed by atoms with van der Waals surface area (Å²) >= 11 is 1.29. The summed E-state index contributed by atoms with van der Waals surface area (Å²) in [6.07, 6.45) is 3.53. The monoisotopic (exact) mass is 394 g/mol. The number of hydrogen-bond donors (Lipinski definition) is 1. The number of carbonyl (C=O) groups is 1. The molecule has 2 aromatic rings. The third-order valence-electron chi connectivity index (χ3n) is 4.70. The Morgan fingerprint density at radius 3 is 2.73 bits per heavy atom. The number of anilines is 1. The summed E-state index contributed by atoms with van der Waals surface area (Å²) in [7, 11) is -3.37. The fraction of sp³-hybridized carbons (Fsp3) is 0.444. The number of benzene rings is 1. The highest BCUT2D eigenvalue weighted by Crippen LogP contribution is 2.33. The van der Waals surface area contributed by atoms with Gasteiger partial charge < -0.3 is 10.0 Å². The molecule has 1 N–H and O–H groups in total. The minimum Gasteiger partial charge on any atom is -0.390 e. The van der Waals surface area contributed by atoms with Crippen LogP contribution in [0.15, 0.2) is 35.4 Å². The normalized spacial score (nSPS) is 18.3. The molecule has 0 aliphatic carbocycles. The van der Waals surface area contributed by atoms with E-state index in [0.717, 1.165) is 24.4 Å². The minimum atomic E-state index is -3.37. The van der Waals surface area contributed by atoms with Crippen molar-refractivity contribution in [1.82, 2.24) is 4.98 Å². The molecule has 0 spiro atoms. The Bertz CT molecular complexity index is 929. The second-order valence-electron chi connectivity index (χ2n) is 7.22. The van der Waals surface area contributed by atoms with Crippen LogP contribution in [0.1, 0.15) is 35.5 Å². The maximum atomic E-state index is 12.7. The van der Waals surface area contributed by atoms with Crippen LogP contribution in [0.3, 0.4) is 0 Å². The highest BCUT2D eigenvalue weighted by molar-refractivity contribution is 7.90. The average molecular weight is 395 g/mol. The Morgan fingerprint density at radius 2 is 2.12 bits per heavy atom. The molecule has 1 aliphatic heterocycles. The van der Waals surface area contributed by atoms with Crippen molar-refractivity contribution in [3.8, 4) is 0 Å². The van der Waals surface area contributed by atoms with Gasteiger partial charge in [0.15, 0.2) is 15.0 Å². The smallest absolute Gasteiger partial charge is 0.204 e. The van der Waals surface area contributed by atoms with Crippen LogP contribution >= 0.6 is 11.3 Å². The van der Waals surface area contributed by atoms with Gasteiger partial charge in [0.25, 0.3) is 0 Å². The van der Waals surface area contributed by atoms with Gasteiger partial charge in [-0.1, -0.05) is 23.5 Å². The summed E-state index contributed by atoms with van der Waals surface area (Å²) in [6.45, 7) is 5.12. The molecule has 0 amide bonds. The van der Waals surface area contributed by atoms with Gasteiger partial charge in [-0.05, 0) is 32.4 Å². The van der Waals surface area contributed by atoms with Gasteiger partial charge in [0.05, 0.1) is 21.6 Å². The maximum Gasteiger partial charge on any atom is 0.204 e. The van der Waals surface area contributed by atoms with Crippen molar-refractivity contribution >= 4 is 32.1 Å². The van der Waals surface area contributed by atoms with Crippen molar-refractivity contribution in [3.63, 3.8) is 0 Å². The van der Waals surface area contributed by atoms with Crippen molar-refractivity contribution in [2.75, 3.05) is 24.2 Å². The zero-order valence-corrected chi connectivity index (χ0v) is 16.6. The van der Waals surface area contributed by atoms with Gasteiger partial charge in [0.1, 0.15) is 0 Å². The van der Waals surface area contributed by atoms with Crippen molar-refractivity contribution in [2.45, 2.75) is 30.8 Å². The van der Waals surface area contributed by atoms with Gasteiger partial charge in [0.2, 0.25) is 5.78 Å². The lowest BCUT2D eigenvalue weighted by atomic mass is 9.91. The van der Waals surface area contributed by atoms with Gasteiger partial charge in [-0.2, -0.15) is 0 Å². The first-order chi connectivity index (χ1) is 12.1. The van der Waals surface area contributed by atoms with E-state index in [1.54, 1.807) is 12.1 Å². The first-order valence-corrected chi connectivity index (χ1v) is 11.0. The number of hydrogen-bond acceptors (Lipinski definition) is 7. The topological polar surface area (TPSA) is 87.6 Å². The third-order valence-corrected chi connectivity index (χ3v) is 6.87.